The van der Waals surface area contributed by atoms with Crippen LogP contribution in [-0.2, 0) is 12.8 Å². The fraction of sp³-hybridized carbons (Fsp3) is 0.529. The first-order valence-electron chi connectivity index (χ1n) is 8.65. The number of nitrogens with one attached hydrogen (secondary N) is 1. The Balaban J connectivity index is 1.60. The smallest absolute Gasteiger partial charge is 0.270 e. The van der Waals surface area contributed by atoms with E-state index >= 15 is 0 Å². The molecule has 7 heteroatoms. The fourth-order valence-corrected chi connectivity index (χ4v) is 3.62. The molecule has 2 aliphatic carbocycles. The number of rotatable bonds is 3. The second kappa shape index (κ2) is 6.32. The first-order valence-corrected chi connectivity index (χ1v) is 8.65. The van der Waals surface area contributed by atoms with Gasteiger partial charge in [0, 0.05) is 35.7 Å². The number of aromatic nitrogens is 4. The lowest BCUT2D eigenvalue weighted by molar-refractivity contribution is 0.0919. The lowest BCUT2D eigenvalue weighted by atomic mass is 9.91. The van der Waals surface area contributed by atoms with Gasteiger partial charge in [-0.05, 0) is 44.9 Å². The lowest BCUT2D eigenvalue weighted by Gasteiger charge is -2.26. The number of carbonyl (C=O) groups excluding carboxylic acids is 1. The zero-order valence-electron chi connectivity index (χ0n) is 13.6. The minimum absolute atomic E-state index is 0.0858. The topological polar surface area (TPSA) is 98.7 Å². The molecule has 4 rings (SSSR count). The van der Waals surface area contributed by atoms with E-state index in [1.54, 1.807) is 23.3 Å². The van der Waals surface area contributed by atoms with E-state index in [1.165, 1.54) is 0 Å². The van der Waals surface area contributed by atoms with Crippen LogP contribution in [0.3, 0.4) is 0 Å². The molecule has 1 saturated carbocycles. The SMILES string of the molecule is NC1CCC(NC(=O)c2nc(-n3ccnc3)nc3c2CCC3)CC1. The molecule has 0 bridgehead atoms. The number of hydrogen-bond acceptors (Lipinski definition) is 5. The van der Waals surface area contributed by atoms with E-state index in [1.807, 2.05) is 0 Å². The first-order chi connectivity index (χ1) is 11.7. The zero-order valence-corrected chi connectivity index (χ0v) is 13.6. The standard InChI is InChI=1S/C17H22N6O/c18-11-4-6-12(7-5-11)20-16(24)15-13-2-1-3-14(13)21-17(22-15)23-9-8-19-10-23/h8-12H,1-7,18H2,(H,20,24). The summed E-state index contributed by atoms with van der Waals surface area (Å²) in [5.74, 6) is 0.432. The van der Waals surface area contributed by atoms with Crippen LogP contribution in [0.1, 0.15) is 53.8 Å². The largest absolute Gasteiger partial charge is 0.348 e. The summed E-state index contributed by atoms with van der Waals surface area (Å²) in [5.41, 5.74) is 8.46. The average molecular weight is 326 g/mol. The maximum absolute atomic E-state index is 12.8. The minimum atomic E-state index is -0.0858. The lowest BCUT2D eigenvalue weighted by Crippen LogP contribution is -2.41. The highest BCUT2D eigenvalue weighted by molar-refractivity contribution is 5.94. The molecule has 0 aliphatic heterocycles. The van der Waals surface area contributed by atoms with Gasteiger partial charge in [0.25, 0.3) is 5.91 Å². The van der Waals surface area contributed by atoms with E-state index in [2.05, 4.69) is 20.3 Å². The molecule has 3 N–H and O–H groups in total. The molecule has 7 nitrogen and oxygen atoms in total. The van der Waals surface area contributed by atoms with Crippen molar-refractivity contribution < 1.29 is 4.79 Å². The molecule has 0 atom stereocenters. The molecule has 2 aliphatic rings. The number of aryl methyl sites for hydroxylation is 1. The summed E-state index contributed by atoms with van der Waals surface area (Å²) in [7, 11) is 0. The number of nitrogens with zero attached hydrogens (tertiary/aromatic N) is 4. The van der Waals surface area contributed by atoms with Crippen molar-refractivity contribution in [2.75, 3.05) is 0 Å². The third kappa shape index (κ3) is 2.91. The Morgan fingerprint density at radius 3 is 2.79 bits per heavy atom. The van der Waals surface area contributed by atoms with Crippen LogP contribution in [0.25, 0.3) is 5.95 Å². The van der Waals surface area contributed by atoms with Gasteiger partial charge in [-0.2, -0.15) is 0 Å². The molecular weight excluding hydrogens is 304 g/mol. The highest BCUT2D eigenvalue weighted by Crippen LogP contribution is 2.24. The normalized spacial score (nSPS) is 23.0. The third-order valence-corrected chi connectivity index (χ3v) is 4.98. The number of imidazole rings is 1. The van der Waals surface area contributed by atoms with Crippen LogP contribution in [0.4, 0.5) is 0 Å². The molecule has 0 spiro atoms. The summed E-state index contributed by atoms with van der Waals surface area (Å²) in [5, 5.41) is 3.15. The quantitative estimate of drug-likeness (QED) is 0.881. The number of carbonyl (C=O) groups is 1. The van der Waals surface area contributed by atoms with Gasteiger partial charge in [0.2, 0.25) is 5.95 Å². The predicted molar refractivity (Wildman–Crippen MR) is 88.9 cm³/mol. The monoisotopic (exact) mass is 326 g/mol. The predicted octanol–water partition coefficient (Wildman–Crippen LogP) is 1.15. The van der Waals surface area contributed by atoms with Gasteiger partial charge < -0.3 is 11.1 Å². The van der Waals surface area contributed by atoms with Gasteiger partial charge in [0.15, 0.2) is 0 Å². The van der Waals surface area contributed by atoms with Crippen molar-refractivity contribution in [1.82, 2.24) is 24.8 Å². The van der Waals surface area contributed by atoms with Crippen LogP contribution in [0.5, 0.6) is 0 Å². The second-order valence-electron chi connectivity index (χ2n) is 6.71. The van der Waals surface area contributed by atoms with Gasteiger partial charge >= 0.3 is 0 Å². The number of hydrogen-bond donors (Lipinski definition) is 2. The van der Waals surface area contributed by atoms with Crippen molar-refractivity contribution >= 4 is 5.91 Å². The van der Waals surface area contributed by atoms with Crippen LogP contribution in [0.2, 0.25) is 0 Å². The third-order valence-electron chi connectivity index (χ3n) is 4.98. The molecular formula is C17H22N6O. The van der Waals surface area contributed by atoms with Gasteiger partial charge in [-0.25, -0.2) is 15.0 Å². The molecule has 1 fully saturated rings. The fourth-order valence-electron chi connectivity index (χ4n) is 3.62. The number of fused-ring (bicyclic) bond motifs is 1. The van der Waals surface area contributed by atoms with Crippen molar-refractivity contribution in [1.29, 1.82) is 0 Å². The Kier molecular flexibility index (Phi) is 4.02. The van der Waals surface area contributed by atoms with Crippen molar-refractivity contribution in [3.05, 3.63) is 35.7 Å². The summed E-state index contributed by atoms with van der Waals surface area (Å²) in [6.07, 6.45) is 11.7. The summed E-state index contributed by atoms with van der Waals surface area (Å²) >= 11 is 0. The van der Waals surface area contributed by atoms with Gasteiger partial charge in [-0.3, -0.25) is 9.36 Å². The van der Waals surface area contributed by atoms with E-state index in [9.17, 15) is 4.79 Å². The Morgan fingerprint density at radius 1 is 1.21 bits per heavy atom. The van der Waals surface area contributed by atoms with Crippen LogP contribution in [0, 0.1) is 0 Å². The van der Waals surface area contributed by atoms with E-state index < -0.39 is 0 Å². The Bertz CT molecular complexity index is 734. The van der Waals surface area contributed by atoms with Crippen molar-refractivity contribution in [3.63, 3.8) is 0 Å². The molecule has 2 aromatic rings. The molecule has 1 amide bonds. The Hall–Kier alpha value is -2.28. The van der Waals surface area contributed by atoms with Crippen LogP contribution in [0.15, 0.2) is 18.7 Å². The van der Waals surface area contributed by atoms with Crippen LogP contribution in [-0.4, -0.2) is 37.5 Å². The zero-order chi connectivity index (χ0) is 16.5. The van der Waals surface area contributed by atoms with E-state index in [-0.39, 0.29) is 18.0 Å². The number of amides is 1. The Morgan fingerprint density at radius 2 is 2.04 bits per heavy atom. The Labute approximate surface area is 140 Å². The van der Waals surface area contributed by atoms with E-state index in [0.29, 0.717) is 11.6 Å². The van der Waals surface area contributed by atoms with Crippen LogP contribution < -0.4 is 11.1 Å². The van der Waals surface area contributed by atoms with Crippen molar-refractivity contribution in [2.45, 2.75) is 57.0 Å². The average Bonchev–Trinajstić information content (AvgIpc) is 3.27. The van der Waals surface area contributed by atoms with Gasteiger partial charge in [0.1, 0.15) is 12.0 Å². The summed E-state index contributed by atoms with van der Waals surface area (Å²) in [4.78, 5) is 26.0. The highest BCUT2D eigenvalue weighted by Gasteiger charge is 2.26. The van der Waals surface area contributed by atoms with Crippen LogP contribution >= 0.6 is 0 Å². The maximum Gasteiger partial charge on any atom is 0.270 e. The maximum atomic E-state index is 12.8. The van der Waals surface area contributed by atoms with Gasteiger partial charge in [0.05, 0.1) is 0 Å². The second-order valence-corrected chi connectivity index (χ2v) is 6.71. The molecule has 0 saturated heterocycles. The number of nitrogens with two attached hydrogens (primary N) is 1. The molecule has 2 aromatic heterocycles. The molecule has 126 valence electrons. The van der Waals surface area contributed by atoms with Crippen molar-refractivity contribution in [2.24, 2.45) is 5.73 Å². The van der Waals surface area contributed by atoms with Crippen molar-refractivity contribution in [3.8, 4) is 5.95 Å². The highest BCUT2D eigenvalue weighted by atomic mass is 16.2. The van der Waals surface area contributed by atoms with Gasteiger partial charge in [-0.1, -0.05) is 0 Å². The van der Waals surface area contributed by atoms with E-state index in [4.69, 9.17) is 5.73 Å². The minimum Gasteiger partial charge on any atom is -0.348 e. The summed E-state index contributed by atoms with van der Waals surface area (Å²) in [6.45, 7) is 0. The summed E-state index contributed by atoms with van der Waals surface area (Å²) < 4.78 is 1.75. The summed E-state index contributed by atoms with van der Waals surface area (Å²) in [6, 6.07) is 0.468. The molecule has 0 radical (unpaired) electrons. The molecule has 24 heavy (non-hydrogen) atoms. The molecule has 0 aromatic carbocycles. The first kappa shape index (κ1) is 15.3. The molecule has 2 heterocycles. The molecule has 0 unspecified atom stereocenters. The van der Waals surface area contributed by atoms with Gasteiger partial charge in [-0.15, -0.1) is 0 Å². The van der Waals surface area contributed by atoms with E-state index in [0.717, 1.165) is 56.2 Å².